The minimum absolute atomic E-state index is 0.00314. The Hall–Kier alpha value is -1.16. The molecular weight excluding hydrogens is 355 g/mol. The van der Waals surface area contributed by atoms with E-state index in [0.717, 1.165) is 18.6 Å². The first-order chi connectivity index (χ1) is 11.7. The molecule has 0 amide bonds. The van der Waals surface area contributed by atoms with E-state index in [0.29, 0.717) is 25.1 Å². The molecule has 5 nitrogen and oxygen atoms in total. The van der Waals surface area contributed by atoms with Crippen molar-refractivity contribution in [3.63, 3.8) is 0 Å². The van der Waals surface area contributed by atoms with Crippen molar-refractivity contribution in [1.29, 1.82) is 0 Å². The van der Waals surface area contributed by atoms with Crippen LogP contribution in [0.3, 0.4) is 0 Å². The Kier molecular flexibility index (Phi) is 5.11. The molecule has 25 heavy (non-hydrogen) atoms. The van der Waals surface area contributed by atoms with Gasteiger partial charge in [0, 0.05) is 31.7 Å². The summed E-state index contributed by atoms with van der Waals surface area (Å²) < 4.78 is 67.1. The van der Waals surface area contributed by atoms with Crippen LogP contribution in [0.5, 0.6) is 0 Å². The van der Waals surface area contributed by atoms with E-state index >= 15 is 0 Å². The highest BCUT2D eigenvalue weighted by atomic mass is 32.2. The first-order valence-corrected chi connectivity index (χ1v) is 9.78. The van der Waals surface area contributed by atoms with E-state index in [1.807, 2.05) is 0 Å². The fraction of sp³-hybridized carbons (Fsp3) is 0.625. The van der Waals surface area contributed by atoms with Gasteiger partial charge >= 0.3 is 6.18 Å². The van der Waals surface area contributed by atoms with Crippen molar-refractivity contribution >= 4 is 10.2 Å². The van der Waals surface area contributed by atoms with Gasteiger partial charge in [0.25, 0.3) is 10.2 Å². The number of hydrogen-bond acceptors (Lipinski definition) is 3. The average molecular weight is 377 g/mol. The van der Waals surface area contributed by atoms with Gasteiger partial charge in [0.1, 0.15) is 0 Å². The van der Waals surface area contributed by atoms with Gasteiger partial charge in [0.2, 0.25) is 0 Å². The molecule has 2 saturated heterocycles. The number of piperazine rings is 1. The number of hydrogen-bond donors (Lipinski definition) is 2. The topological polar surface area (TPSA) is 61.4 Å². The van der Waals surface area contributed by atoms with Crippen molar-refractivity contribution in [1.82, 2.24) is 14.3 Å². The maximum Gasteiger partial charge on any atom is 0.416 e. The van der Waals surface area contributed by atoms with Crippen molar-refractivity contribution in [2.45, 2.75) is 43.9 Å². The normalized spacial score (nSPS) is 25.4. The standard InChI is InChI=1S/C16H22F3N3O2S/c1-11(12-3-2-4-13(7-12)16(17,18)19)5-6-21-25(23,24)22-10-14-8-15(22)9-20-14/h2-4,7,11,14-15,20-21H,5-6,8-10H2,1H3/t11?,14-,15-/m0/s1. The molecule has 0 saturated carbocycles. The van der Waals surface area contributed by atoms with Crippen LogP contribution in [-0.2, 0) is 16.4 Å². The molecule has 2 fully saturated rings. The van der Waals surface area contributed by atoms with Crippen LogP contribution < -0.4 is 10.0 Å². The number of rotatable bonds is 6. The molecule has 140 valence electrons. The van der Waals surface area contributed by atoms with E-state index in [1.54, 1.807) is 13.0 Å². The third-order valence-corrected chi connectivity index (χ3v) is 6.59. The van der Waals surface area contributed by atoms with Crippen LogP contribution in [-0.4, -0.2) is 44.4 Å². The number of benzene rings is 1. The van der Waals surface area contributed by atoms with Gasteiger partial charge in [0.05, 0.1) is 5.56 Å². The summed E-state index contributed by atoms with van der Waals surface area (Å²) in [5.41, 5.74) is -0.128. The van der Waals surface area contributed by atoms with Crippen LogP contribution in [0.4, 0.5) is 13.2 Å². The van der Waals surface area contributed by atoms with Crippen molar-refractivity contribution < 1.29 is 21.6 Å². The molecule has 0 aliphatic carbocycles. The monoisotopic (exact) mass is 377 g/mol. The summed E-state index contributed by atoms with van der Waals surface area (Å²) in [6, 6.07) is 5.42. The van der Waals surface area contributed by atoms with E-state index < -0.39 is 21.9 Å². The Morgan fingerprint density at radius 1 is 1.40 bits per heavy atom. The minimum atomic E-state index is -4.37. The first-order valence-electron chi connectivity index (χ1n) is 8.34. The SMILES string of the molecule is CC(CCNS(=O)(=O)N1C[C@@H]2C[C@H]1CN2)c1cccc(C(F)(F)F)c1. The summed E-state index contributed by atoms with van der Waals surface area (Å²) in [7, 11) is -3.54. The molecule has 3 rings (SSSR count). The molecule has 2 N–H and O–H groups in total. The zero-order valence-corrected chi connectivity index (χ0v) is 14.7. The lowest BCUT2D eigenvalue weighted by molar-refractivity contribution is -0.137. The molecule has 2 heterocycles. The largest absolute Gasteiger partial charge is 0.416 e. The second-order valence-corrected chi connectivity index (χ2v) is 8.48. The summed E-state index contributed by atoms with van der Waals surface area (Å²) in [6.45, 7) is 3.14. The summed E-state index contributed by atoms with van der Waals surface area (Å²) in [4.78, 5) is 0. The number of nitrogens with zero attached hydrogens (tertiary/aromatic N) is 1. The third-order valence-electron chi connectivity index (χ3n) is 4.96. The summed E-state index contributed by atoms with van der Waals surface area (Å²) in [5, 5.41) is 3.25. The van der Waals surface area contributed by atoms with E-state index in [-0.39, 0.29) is 24.5 Å². The Morgan fingerprint density at radius 2 is 2.16 bits per heavy atom. The van der Waals surface area contributed by atoms with Gasteiger partial charge in [-0.1, -0.05) is 25.1 Å². The molecule has 1 aromatic carbocycles. The van der Waals surface area contributed by atoms with Gasteiger partial charge in [-0.3, -0.25) is 0 Å². The van der Waals surface area contributed by atoms with Crippen LogP contribution in [0.1, 0.15) is 36.8 Å². The van der Waals surface area contributed by atoms with Crippen molar-refractivity contribution in [3.8, 4) is 0 Å². The van der Waals surface area contributed by atoms with Crippen LogP contribution in [0, 0.1) is 0 Å². The Labute approximate surface area is 145 Å². The summed E-state index contributed by atoms with van der Waals surface area (Å²) in [6.07, 6.45) is -3.11. The van der Waals surface area contributed by atoms with Crippen molar-refractivity contribution in [3.05, 3.63) is 35.4 Å². The average Bonchev–Trinajstić information content (AvgIpc) is 3.17. The van der Waals surface area contributed by atoms with Gasteiger partial charge in [-0.25, -0.2) is 4.72 Å². The second-order valence-electron chi connectivity index (χ2n) is 6.78. The molecule has 9 heteroatoms. The lowest BCUT2D eigenvalue weighted by Crippen LogP contribution is -2.50. The molecule has 0 spiro atoms. The van der Waals surface area contributed by atoms with Gasteiger partial charge in [-0.15, -0.1) is 0 Å². The van der Waals surface area contributed by atoms with E-state index in [2.05, 4.69) is 10.0 Å². The van der Waals surface area contributed by atoms with Crippen LogP contribution in [0.15, 0.2) is 24.3 Å². The van der Waals surface area contributed by atoms with Crippen molar-refractivity contribution in [2.24, 2.45) is 0 Å². The second kappa shape index (κ2) is 6.86. The zero-order valence-electron chi connectivity index (χ0n) is 13.9. The molecule has 2 bridgehead atoms. The molecule has 1 aromatic rings. The number of nitrogens with one attached hydrogen (secondary N) is 2. The van der Waals surface area contributed by atoms with Gasteiger partial charge < -0.3 is 5.32 Å². The lowest BCUT2D eigenvalue weighted by Gasteiger charge is -2.27. The Morgan fingerprint density at radius 3 is 2.76 bits per heavy atom. The molecule has 2 aliphatic rings. The number of halogens is 3. The summed E-state index contributed by atoms with van der Waals surface area (Å²) >= 11 is 0. The smallest absolute Gasteiger partial charge is 0.311 e. The van der Waals surface area contributed by atoms with Crippen LogP contribution in [0.2, 0.25) is 0 Å². The Bertz CT molecular complexity index is 724. The van der Waals surface area contributed by atoms with Gasteiger partial charge in [-0.05, 0) is 30.4 Å². The Balaban J connectivity index is 1.55. The fourth-order valence-corrected chi connectivity index (χ4v) is 4.96. The molecule has 3 atom stereocenters. The van der Waals surface area contributed by atoms with Crippen LogP contribution >= 0.6 is 0 Å². The van der Waals surface area contributed by atoms with E-state index in [1.165, 1.54) is 10.4 Å². The fourth-order valence-electron chi connectivity index (χ4n) is 3.49. The number of fused-ring (bicyclic) bond motifs is 2. The highest BCUT2D eigenvalue weighted by molar-refractivity contribution is 7.87. The molecule has 1 unspecified atom stereocenters. The van der Waals surface area contributed by atoms with Gasteiger partial charge in [-0.2, -0.15) is 25.9 Å². The first kappa shape index (κ1) is 18.6. The predicted molar refractivity (Wildman–Crippen MR) is 88.3 cm³/mol. The third kappa shape index (κ3) is 4.16. The minimum Gasteiger partial charge on any atom is -0.311 e. The highest BCUT2D eigenvalue weighted by Crippen LogP contribution is 2.31. The van der Waals surface area contributed by atoms with E-state index in [9.17, 15) is 21.6 Å². The highest BCUT2D eigenvalue weighted by Gasteiger charge is 2.43. The van der Waals surface area contributed by atoms with Crippen molar-refractivity contribution in [2.75, 3.05) is 19.6 Å². The van der Waals surface area contributed by atoms with E-state index in [4.69, 9.17) is 0 Å². The molecule has 0 aromatic heterocycles. The molecule has 2 aliphatic heterocycles. The maximum atomic E-state index is 12.8. The maximum absolute atomic E-state index is 12.8. The van der Waals surface area contributed by atoms with Gasteiger partial charge in [0.15, 0.2) is 0 Å². The van der Waals surface area contributed by atoms with Crippen LogP contribution in [0.25, 0.3) is 0 Å². The lowest BCUT2D eigenvalue weighted by atomic mass is 9.96. The quantitative estimate of drug-likeness (QED) is 0.798. The predicted octanol–water partition coefficient (Wildman–Crippen LogP) is 2.08. The molecule has 0 radical (unpaired) electrons. The molecular formula is C16H22F3N3O2S. The zero-order chi connectivity index (χ0) is 18.2. The summed E-state index contributed by atoms with van der Waals surface area (Å²) in [5.74, 6) is -0.179. The number of alkyl halides is 3.